The lowest BCUT2D eigenvalue weighted by molar-refractivity contribution is -0.119. The van der Waals surface area contributed by atoms with Gasteiger partial charge in [-0.25, -0.2) is 14.2 Å². The van der Waals surface area contributed by atoms with Crippen molar-refractivity contribution in [3.63, 3.8) is 0 Å². The number of carboxylic acid groups (broad SMARTS) is 1. The summed E-state index contributed by atoms with van der Waals surface area (Å²) in [5, 5.41) is 9.29. The number of pyridine rings is 2. The fraction of sp³-hybridized carbons (Fsp3) is 0.400. The number of amides is 1. The Hall–Kier alpha value is -3.03. The number of anilines is 2. The zero-order valence-corrected chi connectivity index (χ0v) is 15.5. The summed E-state index contributed by atoms with van der Waals surface area (Å²) in [7, 11) is 0. The smallest absolute Gasteiger partial charge is 0.354 e. The van der Waals surface area contributed by atoms with Gasteiger partial charge in [0, 0.05) is 31.1 Å². The molecule has 7 nitrogen and oxygen atoms in total. The molecule has 2 aromatic heterocycles. The van der Waals surface area contributed by atoms with Crippen LogP contribution in [0.4, 0.5) is 15.9 Å². The molecule has 0 saturated carbocycles. The molecule has 2 aromatic rings. The van der Waals surface area contributed by atoms with Crippen LogP contribution < -0.4 is 9.80 Å². The van der Waals surface area contributed by atoms with E-state index in [-0.39, 0.29) is 30.0 Å². The van der Waals surface area contributed by atoms with Crippen molar-refractivity contribution in [2.75, 3.05) is 22.9 Å². The Labute approximate surface area is 161 Å². The Bertz CT molecular complexity index is 918. The summed E-state index contributed by atoms with van der Waals surface area (Å²) in [4.78, 5) is 36.8. The van der Waals surface area contributed by atoms with Crippen molar-refractivity contribution >= 4 is 23.4 Å². The predicted octanol–water partition coefficient (Wildman–Crippen LogP) is 2.82. The highest BCUT2D eigenvalue weighted by Gasteiger charge is 2.40. The monoisotopic (exact) mass is 384 g/mol. The summed E-state index contributed by atoms with van der Waals surface area (Å²) in [5.41, 5.74) is 1.39. The second kappa shape index (κ2) is 7.18. The average Bonchev–Trinajstić information content (AvgIpc) is 3.11. The van der Waals surface area contributed by atoms with E-state index < -0.39 is 11.8 Å². The third-order valence-electron chi connectivity index (χ3n) is 5.52. The van der Waals surface area contributed by atoms with Gasteiger partial charge in [-0.05, 0) is 37.1 Å². The quantitative estimate of drug-likeness (QED) is 0.853. The Kier molecular flexibility index (Phi) is 4.70. The minimum atomic E-state index is -1.12. The van der Waals surface area contributed by atoms with Crippen LogP contribution in [-0.2, 0) is 4.79 Å². The fourth-order valence-corrected chi connectivity index (χ4v) is 4.05. The molecule has 2 unspecified atom stereocenters. The molecule has 0 aliphatic carbocycles. The van der Waals surface area contributed by atoms with Gasteiger partial charge in [-0.1, -0.05) is 6.92 Å². The Morgan fingerprint density at radius 1 is 1.32 bits per heavy atom. The molecule has 0 spiro atoms. The van der Waals surface area contributed by atoms with Gasteiger partial charge in [0.2, 0.25) is 5.91 Å². The molecular weight excluding hydrogens is 363 g/mol. The Balaban J connectivity index is 1.64. The average molecular weight is 384 g/mol. The minimum Gasteiger partial charge on any atom is -0.477 e. The second-order valence-corrected chi connectivity index (χ2v) is 7.21. The van der Waals surface area contributed by atoms with Crippen molar-refractivity contribution < 1.29 is 19.1 Å². The van der Waals surface area contributed by atoms with E-state index in [0.717, 1.165) is 31.4 Å². The van der Waals surface area contributed by atoms with Gasteiger partial charge >= 0.3 is 5.97 Å². The van der Waals surface area contributed by atoms with Gasteiger partial charge in [-0.15, -0.1) is 0 Å². The topological polar surface area (TPSA) is 86.6 Å². The van der Waals surface area contributed by atoms with Crippen molar-refractivity contribution in [1.82, 2.24) is 9.97 Å². The maximum absolute atomic E-state index is 13.3. The van der Waals surface area contributed by atoms with Crippen LogP contribution in [0.2, 0.25) is 0 Å². The summed E-state index contributed by atoms with van der Waals surface area (Å²) in [6.45, 7) is 3.50. The molecule has 8 heteroatoms. The predicted molar refractivity (Wildman–Crippen MR) is 101 cm³/mol. The number of rotatable bonds is 5. The highest BCUT2D eigenvalue weighted by Crippen LogP contribution is 2.40. The maximum atomic E-state index is 13.3. The Morgan fingerprint density at radius 3 is 2.82 bits per heavy atom. The lowest BCUT2D eigenvalue weighted by Crippen LogP contribution is -2.47. The number of aromatic carboxylic acids is 1. The number of fused-ring (bicyclic) bond motifs is 4. The van der Waals surface area contributed by atoms with E-state index in [4.69, 9.17) is 0 Å². The summed E-state index contributed by atoms with van der Waals surface area (Å²) >= 11 is 0. The van der Waals surface area contributed by atoms with Crippen molar-refractivity contribution in [2.45, 2.75) is 38.1 Å². The molecule has 1 N–H and O–H groups in total. The van der Waals surface area contributed by atoms with Crippen LogP contribution in [0.1, 0.15) is 48.3 Å². The first-order valence-electron chi connectivity index (χ1n) is 9.40. The Morgan fingerprint density at radius 2 is 2.14 bits per heavy atom. The zero-order chi connectivity index (χ0) is 19.8. The van der Waals surface area contributed by atoms with Crippen LogP contribution in [-0.4, -0.2) is 46.1 Å². The third-order valence-corrected chi connectivity index (χ3v) is 5.52. The van der Waals surface area contributed by atoms with Crippen LogP contribution >= 0.6 is 0 Å². The van der Waals surface area contributed by atoms with E-state index >= 15 is 0 Å². The molecule has 1 saturated heterocycles. The van der Waals surface area contributed by atoms with Gasteiger partial charge in [-0.3, -0.25) is 14.7 Å². The third kappa shape index (κ3) is 3.19. The number of halogens is 1. The van der Waals surface area contributed by atoms with E-state index in [9.17, 15) is 19.1 Å². The summed E-state index contributed by atoms with van der Waals surface area (Å²) in [5.74, 6) is -1.36. The summed E-state index contributed by atoms with van der Waals surface area (Å²) in [6.07, 6.45) is 2.87. The summed E-state index contributed by atoms with van der Waals surface area (Å²) in [6, 6.07) is 6.14. The van der Waals surface area contributed by atoms with Crippen LogP contribution in [0.3, 0.4) is 0 Å². The standard InChI is InChI=1S/C20H21FN4O3/c1-2-12(15-4-3-13(21)10-22-15)9-18(26)25-14-7-8-24(11-14)17-6-5-16(20(27)28)23-19(17)25/h3-6,10,12,14H,2,7-9,11H2,1H3,(H,27,28). The first-order chi connectivity index (χ1) is 13.5. The second-order valence-electron chi connectivity index (χ2n) is 7.21. The van der Waals surface area contributed by atoms with E-state index in [1.54, 1.807) is 17.0 Å². The minimum absolute atomic E-state index is 0.0183. The van der Waals surface area contributed by atoms with Crippen molar-refractivity contribution in [2.24, 2.45) is 0 Å². The largest absolute Gasteiger partial charge is 0.477 e. The van der Waals surface area contributed by atoms with Gasteiger partial charge in [0.15, 0.2) is 11.5 Å². The van der Waals surface area contributed by atoms with Crippen LogP contribution in [0.25, 0.3) is 0 Å². The molecule has 146 valence electrons. The van der Waals surface area contributed by atoms with Crippen LogP contribution in [0.15, 0.2) is 30.5 Å². The molecule has 4 heterocycles. The number of carbonyl (C=O) groups is 2. The maximum Gasteiger partial charge on any atom is 0.354 e. The van der Waals surface area contributed by atoms with Gasteiger partial charge < -0.3 is 10.0 Å². The number of carboxylic acids is 1. The molecule has 2 atom stereocenters. The van der Waals surface area contributed by atoms with Crippen molar-refractivity contribution in [3.05, 3.63) is 47.7 Å². The molecular formula is C20H21FN4O3. The SMILES string of the molecule is CCC(CC(=O)N1c2nc(C(=O)O)ccc2N2CCC1C2)c1ccc(F)cn1. The number of nitrogens with zero attached hydrogens (tertiary/aromatic N) is 4. The molecule has 1 fully saturated rings. The van der Waals surface area contributed by atoms with Gasteiger partial charge in [0.25, 0.3) is 0 Å². The van der Waals surface area contributed by atoms with Crippen molar-refractivity contribution in [3.8, 4) is 0 Å². The highest BCUT2D eigenvalue weighted by molar-refractivity contribution is 5.99. The number of aromatic nitrogens is 2. The normalized spacial score (nSPS) is 18.7. The lowest BCUT2D eigenvalue weighted by atomic mass is 9.96. The molecule has 2 aliphatic rings. The molecule has 2 aliphatic heterocycles. The fourth-order valence-electron chi connectivity index (χ4n) is 4.05. The van der Waals surface area contributed by atoms with Gasteiger partial charge in [0.05, 0.1) is 17.9 Å². The van der Waals surface area contributed by atoms with E-state index in [2.05, 4.69) is 14.9 Å². The first kappa shape index (κ1) is 18.3. The number of carbonyl (C=O) groups excluding carboxylic acids is 1. The molecule has 4 rings (SSSR count). The zero-order valence-electron chi connectivity index (χ0n) is 15.5. The van der Waals surface area contributed by atoms with Crippen LogP contribution in [0, 0.1) is 5.82 Å². The van der Waals surface area contributed by atoms with E-state index in [1.165, 1.54) is 12.1 Å². The number of hydrogen-bond acceptors (Lipinski definition) is 5. The highest BCUT2D eigenvalue weighted by atomic mass is 19.1. The van der Waals surface area contributed by atoms with E-state index in [0.29, 0.717) is 17.9 Å². The lowest BCUT2D eigenvalue weighted by Gasteiger charge is -2.36. The molecule has 0 radical (unpaired) electrons. The molecule has 0 aromatic carbocycles. The molecule has 28 heavy (non-hydrogen) atoms. The van der Waals surface area contributed by atoms with Gasteiger partial charge in [0.1, 0.15) is 5.82 Å². The first-order valence-corrected chi connectivity index (χ1v) is 9.40. The molecule has 2 bridgehead atoms. The summed E-state index contributed by atoms with van der Waals surface area (Å²) < 4.78 is 13.2. The van der Waals surface area contributed by atoms with Gasteiger partial charge in [-0.2, -0.15) is 0 Å². The molecule has 1 amide bonds. The van der Waals surface area contributed by atoms with E-state index in [1.807, 2.05) is 6.92 Å². The number of hydrogen-bond donors (Lipinski definition) is 1. The van der Waals surface area contributed by atoms with Crippen molar-refractivity contribution in [1.29, 1.82) is 0 Å². The van der Waals surface area contributed by atoms with Crippen LogP contribution in [0.5, 0.6) is 0 Å².